The normalized spacial score (nSPS) is 31.4. The molecule has 0 saturated carbocycles. The molecule has 246 valence electrons. The first-order valence-electron chi connectivity index (χ1n) is 16.1. The first-order chi connectivity index (χ1) is 20.8. The molecule has 9 atom stereocenters. The van der Waals surface area contributed by atoms with Crippen LogP contribution in [0.2, 0.25) is 0 Å². The molecule has 0 spiro atoms. The Labute approximate surface area is 264 Å². The molecule has 1 aromatic carbocycles. The standard InChI is InChI=1S/C36H55NO7/c1-8-11-24(2)32-33(44-32)34(37-23-27-14-16-29(42-7)17-15-27)36(6,41)20-10-13-26(4)31-25(3)12-9-19-35(5,40)21-18-28(38)22-30(39)43-31/h9-10,12-17,20,24-25,28,31-34,37-38,40-41H,8,11,18-19,21-23H2,1-7H3. The van der Waals surface area contributed by atoms with Crippen LogP contribution in [0.3, 0.4) is 0 Å². The molecular formula is C36H55NO7. The number of methoxy groups -OCH3 is 1. The fourth-order valence-corrected chi connectivity index (χ4v) is 6.02. The van der Waals surface area contributed by atoms with Crippen molar-refractivity contribution in [2.45, 2.75) is 128 Å². The molecular weight excluding hydrogens is 558 g/mol. The van der Waals surface area contributed by atoms with Gasteiger partial charge in [-0.2, -0.15) is 0 Å². The monoisotopic (exact) mass is 613 g/mol. The molecule has 0 aliphatic carbocycles. The van der Waals surface area contributed by atoms with Gasteiger partial charge in [0.1, 0.15) is 18.0 Å². The molecule has 2 aliphatic rings. The largest absolute Gasteiger partial charge is 0.497 e. The quantitative estimate of drug-likeness (QED) is 0.107. The van der Waals surface area contributed by atoms with Crippen molar-refractivity contribution < 1.29 is 34.3 Å². The summed E-state index contributed by atoms with van der Waals surface area (Å²) in [7, 11) is 1.64. The van der Waals surface area contributed by atoms with Crippen LogP contribution < -0.4 is 10.1 Å². The van der Waals surface area contributed by atoms with E-state index in [1.54, 1.807) is 27.0 Å². The molecule has 8 nitrogen and oxygen atoms in total. The van der Waals surface area contributed by atoms with Crippen LogP contribution in [0.4, 0.5) is 0 Å². The number of aliphatic hydroxyl groups excluding tert-OH is 1. The molecule has 9 unspecified atom stereocenters. The lowest BCUT2D eigenvalue weighted by Gasteiger charge is -2.31. The van der Waals surface area contributed by atoms with Crippen molar-refractivity contribution in [3.63, 3.8) is 0 Å². The second-order valence-corrected chi connectivity index (χ2v) is 13.3. The van der Waals surface area contributed by atoms with Gasteiger partial charge in [0.05, 0.1) is 43.0 Å². The van der Waals surface area contributed by atoms with Gasteiger partial charge in [0.15, 0.2) is 0 Å². The predicted molar refractivity (Wildman–Crippen MR) is 173 cm³/mol. The highest BCUT2D eigenvalue weighted by molar-refractivity contribution is 5.70. The van der Waals surface area contributed by atoms with Gasteiger partial charge in [-0.15, -0.1) is 0 Å². The number of carbonyl (C=O) groups is 1. The molecule has 0 radical (unpaired) electrons. The van der Waals surface area contributed by atoms with Crippen molar-refractivity contribution in [3.8, 4) is 5.75 Å². The summed E-state index contributed by atoms with van der Waals surface area (Å²) in [6, 6.07) is 7.50. The smallest absolute Gasteiger partial charge is 0.309 e. The maximum atomic E-state index is 12.7. The first kappa shape index (κ1) is 36.0. The van der Waals surface area contributed by atoms with Crippen LogP contribution in [-0.4, -0.2) is 70.1 Å². The maximum Gasteiger partial charge on any atom is 0.309 e. The number of hydrogen-bond donors (Lipinski definition) is 4. The highest BCUT2D eigenvalue weighted by Gasteiger charge is 2.52. The van der Waals surface area contributed by atoms with Gasteiger partial charge in [0.25, 0.3) is 0 Å². The number of hydrogen-bond acceptors (Lipinski definition) is 8. The van der Waals surface area contributed by atoms with Gasteiger partial charge in [-0.3, -0.25) is 4.79 Å². The van der Waals surface area contributed by atoms with E-state index >= 15 is 0 Å². The average Bonchev–Trinajstić information content (AvgIpc) is 3.75. The minimum atomic E-state index is -1.24. The Kier molecular flexibility index (Phi) is 13.2. The first-order valence-corrected chi connectivity index (χ1v) is 16.1. The number of rotatable bonds is 12. The lowest BCUT2D eigenvalue weighted by molar-refractivity contribution is -0.151. The van der Waals surface area contributed by atoms with Crippen LogP contribution in [-0.2, 0) is 20.8 Å². The van der Waals surface area contributed by atoms with Crippen molar-refractivity contribution >= 4 is 5.97 Å². The van der Waals surface area contributed by atoms with Crippen molar-refractivity contribution in [1.82, 2.24) is 5.32 Å². The van der Waals surface area contributed by atoms with E-state index in [0.717, 1.165) is 29.7 Å². The van der Waals surface area contributed by atoms with E-state index in [-0.39, 0.29) is 30.6 Å². The molecule has 44 heavy (non-hydrogen) atoms. The van der Waals surface area contributed by atoms with Gasteiger partial charge in [-0.25, -0.2) is 0 Å². The Morgan fingerprint density at radius 1 is 1.27 bits per heavy atom. The summed E-state index contributed by atoms with van der Waals surface area (Å²) in [6.45, 7) is 12.3. The summed E-state index contributed by atoms with van der Waals surface area (Å²) >= 11 is 0. The van der Waals surface area contributed by atoms with E-state index in [2.05, 4.69) is 19.2 Å². The lowest BCUT2D eigenvalue weighted by atomic mass is 9.87. The number of benzene rings is 1. The molecule has 4 N–H and O–H groups in total. The summed E-state index contributed by atoms with van der Waals surface area (Å²) in [5.74, 6) is 0.551. The zero-order chi connectivity index (χ0) is 32.5. The molecule has 2 heterocycles. The SMILES string of the molecule is CCCC(C)C1OC1C(NCc1ccc(OC)cc1)C(C)(O)C=CC=C(C)C1OC(=O)CC(O)CCC(C)(O)CC=CC1C. The fraction of sp³-hybridized carbons (Fsp3) is 0.639. The predicted octanol–water partition coefficient (Wildman–Crippen LogP) is 5.40. The summed E-state index contributed by atoms with van der Waals surface area (Å²) in [5.41, 5.74) is -0.311. The Morgan fingerprint density at radius 3 is 2.64 bits per heavy atom. The van der Waals surface area contributed by atoms with Gasteiger partial charge in [0.2, 0.25) is 0 Å². The number of aliphatic hydroxyl groups is 3. The van der Waals surface area contributed by atoms with Crippen LogP contribution in [0.25, 0.3) is 0 Å². The Balaban J connectivity index is 1.78. The zero-order valence-electron chi connectivity index (χ0n) is 27.7. The van der Waals surface area contributed by atoms with Crippen molar-refractivity contribution in [3.05, 3.63) is 65.8 Å². The number of esters is 1. The number of nitrogens with one attached hydrogen (secondary N) is 1. The van der Waals surface area contributed by atoms with Crippen LogP contribution in [0.15, 0.2) is 60.2 Å². The van der Waals surface area contributed by atoms with E-state index in [1.165, 1.54) is 0 Å². The zero-order valence-corrected chi connectivity index (χ0v) is 27.7. The second-order valence-electron chi connectivity index (χ2n) is 13.3. The molecule has 3 rings (SSSR count). The topological polar surface area (TPSA) is 121 Å². The molecule has 0 bridgehead atoms. The summed E-state index contributed by atoms with van der Waals surface area (Å²) in [4.78, 5) is 12.7. The number of epoxide rings is 1. The Morgan fingerprint density at radius 2 is 1.98 bits per heavy atom. The van der Waals surface area contributed by atoms with E-state index in [0.29, 0.717) is 31.7 Å². The maximum absolute atomic E-state index is 12.7. The Bertz CT molecular complexity index is 1140. The van der Waals surface area contributed by atoms with Crippen LogP contribution in [0.1, 0.15) is 85.6 Å². The van der Waals surface area contributed by atoms with E-state index in [1.807, 2.05) is 62.4 Å². The highest BCUT2D eigenvalue weighted by atomic mass is 16.6. The third-order valence-electron chi connectivity index (χ3n) is 8.90. The van der Waals surface area contributed by atoms with E-state index in [9.17, 15) is 20.1 Å². The van der Waals surface area contributed by atoms with Gasteiger partial charge in [-0.05, 0) is 75.6 Å². The average molecular weight is 614 g/mol. The van der Waals surface area contributed by atoms with E-state index < -0.39 is 29.4 Å². The molecule has 0 aromatic heterocycles. The molecule has 1 saturated heterocycles. The fourth-order valence-electron chi connectivity index (χ4n) is 6.02. The summed E-state index contributed by atoms with van der Waals surface area (Å²) < 4.78 is 17.3. The highest BCUT2D eigenvalue weighted by Crippen LogP contribution is 2.38. The van der Waals surface area contributed by atoms with E-state index in [4.69, 9.17) is 14.2 Å². The van der Waals surface area contributed by atoms with Crippen LogP contribution in [0, 0.1) is 11.8 Å². The third-order valence-corrected chi connectivity index (χ3v) is 8.90. The van der Waals surface area contributed by atoms with Crippen LogP contribution >= 0.6 is 0 Å². The minimum absolute atomic E-state index is 0.0832. The number of cyclic esters (lactones) is 1. The summed E-state index contributed by atoms with van der Waals surface area (Å²) in [6.07, 6.45) is 11.0. The van der Waals surface area contributed by atoms with Crippen molar-refractivity contribution in [2.24, 2.45) is 11.8 Å². The lowest BCUT2D eigenvalue weighted by Crippen LogP contribution is -2.51. The van der Waals surface area contributed by atoms with Gasteiger partial charge < -0.3 is 34.8 Å². The minimum Gasteiger partial charge on any atom is -0.497 e. The third kappa shape index (κ3) is 10.8. The Hall–Kier alpha value is -2.49. The molecule has 0 amide bonds. The molecule has 1 aromatic rings. The molecule has 2 aliphatic heterocycles. The number of allylic oxidation sites excluding steroid dienone is 2. The number of ether oxygens (including phenoxy) is 3. The van der Waals surface area contributed by atoms with Crippen molar-refractivity contribution in [2.75, 3.05) is 7.11 Å². The number of carbonyl (C=O) groups excluding carboxylic acids is 1. The summed E-state index contributed by atoms with van der Waals surface area (Å²) in [5, 5.41) is 36.3. The van der Waals surface area contributed by atoms with Gasteiger partial charge in [0, 0.05) is 12.5 Å². The molecule has 8 heteroatoms. The van der Waals surface area contributed by atoms with Gasteiger partial charge in [-0.1, -0.05) is 69.7 Å². The van der Waals surface area contributed by atoms with Crippen LogP contribution in [0.5, 0.6) is 5.75 Å². The molecule has 1 fully saturated rings. The second kappa shape index (κ2) is 16.2. The van der Waals surface area contributed by atoms with Gasteiger partial charge >= 0.3 is 5.97 Å². The van der Waals surface area contributed by atoms with Crippen molar-refractivity contribution in [1.29, 1.82) is 0 Å².